The van der Waals surface area contributed by atoms with E-state index in [0.717, 1.165) is 6.07 Å². The SMILES string of the molecule is Cl.Nc1cnc(C2CC(F)(F)C2)c(F)c1. The molecule has 1 aliphatic carbocycles. The predicted octanol–water partition coefficient (Wildman–Crippen LogP) is 2.74. The van der Waals surface area contributed by atoms with Gasteiger partial charge in [-0.15, -0.1) is 12.4 Å². The molecule has 0 aromatic carbocycles. The maximum atomic E-state index is 13.2. The second-order valence-electron chi connectivity index (χ2n) is 3.60. The Morgan fingerprint density at radius 2 is 2.00 bits per heavy atom. The molecular formula is C9H10ClF3N2. The van der Waals surface area contributed by atoms with Crippen LogP contribution in [0, 0.1) is 5.82 Å². The highest BCUT2D eigenvalue weighted by molar-refractivity contribution is 5.85. The van der Waals surface area contributed by atoms with E-state index in [1.165, 1.54) is 6.20 Å². The summed E-state index contributed by atoms with van der Waals surface area (Å²) in [6.45, 7) is 0. The van der Waals surface area contributed by atoms with Crippen LogP contribution in [0.5, 0.6) is 0 Å². The van der Waals surface area contributed by atoms with Crippen LogP contribution in [-0.4, -0.2) is 10.9 Å². The fraction of sp³-hybridized carbons (Fsp3) is 0.444. The van der Waals surface area contributed by atoms with Gasteiger partial charge in [0.2, 0.25) is 5.92 Å². The number of nitrogens with zero attached hydrogens (tertiary/aromatic N) is 1. The lowest BCUT2D eigenvalue weighted by atomic mass is 9.79. The molecule has 0 radical (unpaired) electrons. The maximum absolute atomic E-state index is 13.2. The van der Waals surface area contributed by atoms with Crippen molar-refractivity contribution in [2.75, 3.05) is 5.73 Å². The van der Waals surface area contributed by atoms with Crippen LogP contribution in [-0.2, 0) is 0 Å². The molecule has 2 N–H and O–H groups in total. The number of halogens is 4. The topological polar surface area (TPSA) is 38.9 Å². The van der Waals surface area contributed by atoms with E-state index in [9.17, 15) is 13.2 Å². The second-order valence-corrected chi connectivity index (χ2v) is 3.60. The number of hydrogen-bond acceptors (Lipinski definition) is 2. The van der Waals surface area contributed by atoms with E-state index in [1.807, 2.05) is 0 Å². The molecular weight excluding hydrogens is 229 g/mol. The Kier molecular flexibility index (Phi) is 3.13. The molecule has 0 unspecified atom stereocenters. The lowest BCUT2D eigenvalue weighted by Gasteiger charge is -2.34. The van der Waals surface area contributed by atoms with Crippen molar-refractivity contribution < 1.29 is 13.2 Å². The number of pyridine rings is 1. The first kappa shape index (κ1) is 12.1. The minimum atomic E-state index is -2.65. The highest BCUT2D eigenvalue weighted by atomic mass is 35.5. The second kappa shape index (κ2) is 3.89. The molecule has 2 rings (SSSR count). The van der Waals surface area contributed by atoms with Gasteiger partial charge in [-0.2, -0.15) is 0 Å². The van der Waals surface area contributed by atoms with Crippen LogP contribution < -0.4 is 5.73 Å². The van der Waals surface area contributed by atoms with Gasteiger partial charge in [0, 0.05) is 24.8 Å². The van der Waals surface area contributed by atoms with Crippen molar-refractivity contribution in [1.82, 2.24) is 4.98 Å². The Balaban J connectivity index is 0.00000112. The quantitative estimate of drug-likeness (QED) is 0.817. The maximum Gasteiger partial charge on any atom is 0.249 e. The van der Waals surface area contributed by atoms with Gasteiger partial charge in [0.25, 0.3) is 0 Å². The van der Waals surface area contributed by atoms with Crippen LogP contribution in [0.25, 0.3) is 0 Å². The first-order chi connectivity index (χ1) is 6.48. The van der Waals surface area contributed by atoms with E-state index in [-0.39, 0.29) is 36.6 Å². The van der Waals surface area contributed by atoms with Crippen LogP contribution in [0.1, 0.15) is 24.5 Å². The zero-order valence-electron chi connectivity index (χ0n) is 7.71. The summed E-state index contributed by atoms with van der Waals surface area (Å²) in [4.78, 5) is 3.73. The minimum absolute atomic E-state index is 0. The zero-order valence-corrected chi connectivity index (χ0v) is 8.53. The zero-order chi connectivity index (χ0) is 10.3. The monoisotopic (exact) mass is 238 g/mol. The molecule has 0 aliphatic heterocycles. The van der Waals surface area contributed by atoms with Crippen LogP contribution >= 0.6 is 12.4 Å². The van der Waals surface area contributed by atoms with Gasteiger partial charge in [0.05, 0.1) is 17.6 Å². The predicted molar refractivity (Wildman–Crippen MR) is 52.8 cm³/mol. The third kappa shape index (κ3) is 2.34. The molecule has 15 heavy (non-hydrogen) atoms. The van der Waals surface area contributed by atoms with Crippen LogP contribution in [0.4, 0.5) is 18.9 Å². The number of hydrogen-bond donors (Lipinski definition) is 1. The summed E-state index contributed by atoms with van der Waals surface area (Å²) in [6, 6.07) is 1.11. The Hall–Kier alpha value is -0.970. The summed E-state index contributed by atoms with van der Waals surface area (Å²) in [5.74, 6) is -3.71. The molecule has 1 fully saturated rings. The summed E-state index contributed by atoms with van der Waals surface area (Å²) in [7, 11) is 0. The van der Waals surface area contributed by atoms with Gasteiger partial charge in [0.1, 0.15) is 5.82 Å². The van der Waals surface area contributed by atoms with E-state index in [4.69, 9.17) is 5.73 Å². The van der Waals surface area contributed by atoms with Gasteiger partial charge in [0.15, 0.2) is 0 Å². The van der Waals surface area contributed by atoms with E-state index < -0.39 is 17.7 Å². The molecule has 0 saturated heterocycles. The Morgan fingerprint density at radius 1 is 1.40 bits per heavy atom. The van der Waals surface area contributed by atoms with Crippen molar-refractivity contribution in [2.45, 2.75) is 24.7 Å². The molecule has 1 heterocycles. The number of nitrogens with two attached hydrogens (primary N) is 1. The third-order valence-corrected chi connectivity index (χ3v) is 2.37. The van der Waals surface area contributed by atoms with Crippen molar-refractivity contribution in [3.05, 3.63) is 23.8 Å². The van der Waals surface area contributed by atoms with Crippen LogP contribution in [0.15, 0.2) is 12.3 Å². The van der Waals surface area contributed by atoms with Gasteiger partial charge in [-0.05, 0) is 0 Å². The fourth-order valence-electron chi connectivity index (χ4n) is 1.62. The van der Waals surface area contributed by atoms with E-state index in [0.29, 0.717) is 0 Å². The third-order valence-electron chi connectivity index (χ3n) is 2.37. The Bertz CT molecular complexity index is 362. The molecule has 2 nitrogen and oxygen atoms in total. The Labute approximate surface area is 91.1 Å². The summed E-state index contributed by atoms with van der Waals surface area (Å²) in [5, 5.41) is 0. The molecule has 1 aromatic rings. The van der Waals surface area contributed by atoms with Crippen molar-refractivity contribution >= 4 is 18.1 Å². The minimum Gasteiger partial charge on any atom is -0.397 e. The molecule has 0 atom stereocenters. The lowest BCUT2D eigenvalue weighted by Crippen LogP contribution is -2.34. The van der Waals surface area contributed by atoms with Crippen LogP contribution in [0.3, 0.4) is 0 Å². The average Bonchev–Trinajstić information content (AvgIpc) is 2.00. The summed E-state index contributed by atoms with van der Waals surface area (Å²) in [5.41, 5.74) is 5.60. The lowest BCUT2D eigenvalue weighted by molar-refractivity contribution is -0.0882. The van der Waals surface area contributed by atoms with E-state index in [2.05, 4.69) is 4.98 Å². The summed E-state index contributed by atoms with van der Waals surface area (Å²) < 4.78 is 38.2. The standard InChI is InChI=1S/C9H9F3N2.ClH/c10-7-1-6(13)4-14-8(7)5-2-9(11,12)3-5;/h1,4-5H,2-3,13H2;1H. The smallest absolute Gasteiger partial charge is 0.249 e. The first-order valence-corrected chi connectivity index (χ1v) is 4.27. The molecule has 84 valence electrons. The molecule has 1 saturated carbocycles. The summed E-state index contributed by atoms with van der Waals surface area (Å²) in [6.07, 6.45) is 0.649. The number of rotatable bonds is 1. The average molecular weight is 239 g/mol. The van der Waals surface area contributed by atoms with Crippen molar-refractivity contribution in [3.8, 4) is 0 Å². The highest BCUT2D eigenvalue weighted by Crippen LogP contribution is 2.48. The molecule has 0 amide bonds. The fourth-order valence-corrected chi connectivity index (χ4v) is 1.62. The number of anilines is 1. The molecule has 6 heteroatoms. The van der Waals surface area contributed by atoms with E-state index in [1.54, 1.807) is 0 Å². The van der Waals surface area contributed by atoms with Gasteiger partial charge in [-0.25, -0.2) is 13.2 Å². The van der Waals surface area contributed by atoms with Crippen molar-refractivity contribution in [1.29, 1.82) is 0 Å². The summed E-state index contributed by atoms with van der Waals surface area (Å²) >= 11 is 0. The highest BCUT2D eigenvalue weighted by Gasteiger charge is 2.47. The normalized spacial score (nSPS) is 19.1. The number of aromatic nitrogens is 1. The van der Waals surface area contributed by atoms with Crippen molar-refractivity contribution in [3.63, 3.8) is 0 Å². The van der Waals surface area contributed by atoms with Gasteiger partial charge in [-0.1, -0.05) is 0 Å². The number of nitrogen functional groups attached to an aromatic ring is 1. The molecule has 1 aliphatic rings. The molecule has 1 aromatic heterocycles. The molecule has 0 spiro atoms. The first-order valence-electron chi connectivity index (χ1n) is 4.27. The largest absolute Gasteiger partial charge is 0.397 e. The Morgan fingerprint density at radius 3 is 2.47 bits per heavy atom. The number of alkyl halides is 2. The van der Waals surface area contributed by atoms with E-state index >= 15 is 0 Å². The van der Waals surface area contributed by atoms with Gasteiger partial charge in [-0.3, -0.25) is 4.98 Å². The van der Waals surface area contributed by atoms with Gasteiger partial charge >= 0.3 is 0 Å². The van der Waals surface area contributed by atoms with Gasteiger partial charge < -0.3 is 5.73 Å². The van der Waals surface area contributed by atoms with Crippen molar-refractivity contribution in [2.24, 2.45) is 0 Å². The van der Waals surface area contributed by atoms with Crippen LogP contribution in [0.2, 0.25) is 0 Å². The molecule has 0 bridgehead atoms.